The van der Waals surface area contributed by atoms with Gasteiger partial charge < -0.3 is 10.6 Å². The molecule has 0 saturated heterocycles. The maximum Gasteiger partial charge on any atom is 0.243 e. The standard InChI is InChI=1S/C16H14IN3O/c1-11-7-13(17)5-6-15(11)20-16(21)10-19-14-4-2-3-12(8-14)9-18/h2-8,19H,10H2,1H3,(H,20,21). The summed E-state index contributed by atoms with van der Waals surface area (Å²) in [6.07, 6.45) is 0. The van der Waals surface area contributed by atoms with Crippen molar-refractivity contribution < 1.29 is 4.79 Å². The van der Waals surface area contributed by atoms with Crippen LogP contribution in [0.15, 0.2) is 42.5 Å². The summed E-state index contributed by atoms with van der Waals surface area (Å²) in [4.78, 5) is 11.9. The Hall–Kier alpha value is -2.07. The number of hydrogen-bond donors (Lipinski definition) is 2. The number of benzene rings is 2. The molecule has 0 bridgehead atoms. The summed E-state index contributed by atoms with van der Waals surface area (Å²) < 4.78 is 1.13. The number of anilines is 2. The number of rotatable bonds is 4. The molecule has 2 aromatic carbocycles. The molecule has 2 aromatic rings. The van der Waals surface area contributed by atoms with Crippen LogP contribution in [-0.2, 0) is 4.79 Å². The summed E-state index contributed by atoms with van der Waals surface area (Å²) in [7, 11) is 0. The summed E-state index contributed by atoms with van der Waals surface area (Å²) in [5, 5.41) is 14.7. The van der Waals surface area contributed by atoms with Crippen LogP contribution in [0.4, 0.5) is 11.4 Å². The number of carbonyl (C=O) groups excluding carboxylic acids is 1. The molecule has 106 valence electrons. The molecule has 0 spiro atoms. The summed E-state index contributed by atoms with van der Waals surface area (Å²) in [5.41, 5.74) is 3.16. The van der Waals surface area contributed by atoms with Gasteiger partial charge >= 0.3 is 0 Å². The second-order valence-electron chi connectivity index (χ2n) is 4.55. The minimum atomic E-state index is -0.123. The molecule has 0 unspecified atom stereocenters. The van der Waals surface area contributed by atoms with E-state index in [1.807, 2.05) is 31.2 Å². The first kappa shape index (κ1) is 15.3. The first-order valence-corrected chi connectivity index (χ1v) is 7.46. The van der Waals surface area contributed by atoms with E-state index in [0.717, 1.165) is 20.5 Å². The van der Waals surface area contributed by atoms with E-state index in [-0.39, 0.29) is 12.5 Å². The summed E-state index contributed by atoms with van der Waals surface area (Å²) >= 11 is 2.24. The minimum absolute atomic E-state index is 0.123. The zero-order valence-electron chi connectivity index (χ0n) is 11.5. The molecule has 0 atom stereocenters. The van der Waals surface area contributed by atoms with E-state index in [4.69, 9.17) is 5.26 Å². The van der Waals surface area contributed by atoms with Gasteiger partial charge in [-0.2, -0.15) is 5.26 Å². The molecule has 21 heavy (non-hydrogen) atoms. The molecule has 0 aromatic heterocycles. The number of amides is 1. The van der Waals surface area contributed by atoms with Crippen molar-refractivity contribution >= 4 is 39.9 Å². The monoisotopic (exact) mass is 391 g/mol. The predicted molar refractivity (Wildman–Crippen MR) is 92.2 cm³/mol. The van der Waals surface area contributed by atoms with Crippen molar-refractivity contribution in [3.8, 4) is 6.07 Å². The molecule has 0 saturated carbocycles. The second-order valence-corrected chi connectivity index (χ2v) is 5.80. The SMILES string of the molecule is Cc1cc(I)ccc1NC(=O)CNc1cccc(C#N)c1. The van der Waals surface area contributed by atoms with E-state index in [1.165, 1.54) is 0 Å². The van der Waals surface area contributed by atoms with Crippen molar-refractivity contribution in [2.24, 2.45) is 0 Å². The fourth-order valence-corrected chi connectivity index (χ4v) is 2.49. The van der Waals surface area contributed by atoms with E-state index < -0.39 is 0 Å². The van der Waals surface area contributed by atoms with E-state index in [1.54, 1.807) is 18.2 Å². The van der Waals surface area contributed by atoms with Crippen LogP contribution in [0.1, 0.15) is 11.1 Å². The van der Waals surface area contributed by atoms with Gasteiger partial charge in [0.25, 0.3) is 0 Å². The number of nitrogens with zero attached hydrogens (tertiary/aromatic N) is 1. The highest BCUT2D eigenvalue weighted by molar-refractivity contribution is 14.1. The highest BCUT2D eigenvalue weighted by Gasteiger charge is 2.05. The maximum absolute atomic E-state index is 11.9. The second kappa shape index (κ2) is 7.09. The van der Waals surface area contributed by atoms with Gasteiger partial charge in [0.2, 0.25) is 5.91 Å². The lowest BCUT2D eigenvalue weighted by molar-refractivity contribution is -0.114. The maximum atomic E-state index is 11.9. The van der Waals surface area contributed by atoms with Crippen LogP contribution < -0.4 is 10.6 Å². The molecule has 0 radical (unpaired) electrons. The van der Waals surface area contributed by atoms with Crippen molar-refractivity contribution in [1.82, 2.24) is 0 Å². The molecule has 2 N–H and O–H groups in total. The molecule has 0 fully saturated rings. The Morgan fingerprint density at radius 3 is 2.81 bits per heavy atom. The van der Waals surface area contributed by atoms with Crippen molar-refractivity contribution in [2.45, 2.75) is 6.92 Å². The molecule has 1 amide bonds. The molecular formula is C16H14IN3O. The number of carbonyl (C=O) groups is 1. The zero-order chi connectivity index (χ0) is 15.2. The Balaban J connectivity index is 1.94. The van der Waals surface area contributed by atoms with E-state index >= 15 is 0 Å². The van der Waals surface area contributed by atoms with Gasteiger partial charge in [-0.1, -0.05) is 6.07 Å². The lowest BCUT2D eigenvalue weighted by atomic mass is 10.2. The van der Waals surface area contributed by atoms with E-state index in [9.17, 15) is 4.79 Å². The lowest BCUT2D eigenvalue weighted by Gasteiger charge is -2.10. The molecule has 2 rings (SSSR count). The Labute approximate surface area is 137 Å². The third-order valence-corrected chi connectivity index (χ3v) is 3.58. The molecule has 4 nitrogen and oxygen atoms in total. The first-order valence-electron chi connectivity index (χ1n) is 6.38. The van der Waals surface area contributed by atoms with Crippen molar-refractivity contribution in [1.29, 1.82) is 5.26 Å². The van der Waals surface area contributed by atoms with Gasteiger partial charge in [0.1, 0.15) is 0 Å². The Bertz CT molecular complexity index is 707. The lowest BCUT2D eigenvalue weighted by Crippen LogP contribution is -2.22. The average Bonchev–Trinajstić information content (AvgIpc) is 2.48. The Kier molecular flexibility index (Phi) is 5.17. The largest absolute Gasteiger partial charge is 0.376 e. The quantitative estimate of drug-likeness (QED) is 0.784. The van der Waals surface area contributed by atoms with E-state index in [0.29, 0.717) is 5.56 Å². The molecule has 0 heterocycles. The highest BCUT2D eigenvalue weighted by Crippen LogP contribution is 2.17. The van der Waals surface area contributed by atoms with Gasteiger partial charge in [-0.3, -0.25) is 4.79 Å². The number of hydrogen-bond acceptors (Lipinski definition) is 3. The van der Waals surface area contributed by atoms with Crippen LogP contribution in [0.3, 0.4) is 0 Å². The number of halogens is 1. The Morgan fingerprint density at radius 1 is 1.29 bits per heavy atom. The normalized spacial score (nSPS) is 9.76. The number of aryl methyl sites for hydroxylation is 1. The summed E-state index contributed by atoms with van der Waals surface area (Å²) in [6.45, 7) is 2.11. The summed E-state index contributed by atoms with van der Waals surface area (Å²) in [6, 6.07) is 15.0. The molecule has 5 heteroatoms. The average molecular weight is 391 g/mol. The van der Waals surface area contributed by atoms with E-state index in [2.05, 4.69) is 39.3 Å². The third kappa shape index (κ3) is 4.46. The van der Waals surface area contributed by atoms with Gasteiger partial charge in [-0.15, -0.1) is 0 Å². The van der Waals surface area contributed by atoms with Crippen molar-refractivity contribution in [3.05, 3.63) is 57.2 Å². The van der Waals surface area contributed by atoms with Crippen LogP contribution in [-0.4, -0.2) is 12.5 Å². The fraction of sp³-hybridized carbons (Fsp3) is 0.125. The Morgan fingerprint density at radius 2 is 2.10 bits per heavy atom. The number of nitriles is 1. The fourth-order valence-electron chi connectivity index (χ4n) is 1.84. The van der Waals surface area contributed by atoms with Crippen LogP contribution in [0, 0.1) is 21.8 Å². The van der Waals surface area contributed by atoms with Gasteiger partial charge in [-0.25, -0.2) is 0 Å². The third-order valence-electron chi connectivity index (χ3n) is 2.91. The van der Waals surface area contributed by atoms with Gasteiger partial charge in [0, 0.05) is 14.9 Å². The smallest absolute Gasteiger partial charge is 0.243 e. The first-order chi connectivity index (χ1) is 10.1. The van der Waals surface area contributed by atoms with Crippen LogP contribution in [0.25, 0.3) is 0 Å². The topological polar surface area (TPSA) is 64.9 Å². The van der Waals surface area contributed by atoms with Crippen molar-refractivity contribution in [3.63, 3.8) is 0 Å². The molecule has 0 aliphatic rings. The van der Waals surface area contributed by atoms with Gasteiger partial charge in [0.05, 0.1) is 18.2 Å². The molecule has 0 aliphatic carbocycles. The van der Waals surface area contributed by atoms with Crippen molar-refractivity contribution in [2.75, 3.05) is 17.2 Å². The van der Waals surface area contributed by atoms with Crippen LogP contribution in [0.2, 0.25) is 0 Å². The predicted octanol–water partition coefficient (Wildman–Crippen LogP) is 3.52. The molecule has 0 aliphatic heterocycles. The summed E-state index contributed by atoms with van der Waals surface area (Å²) in [5.74, 6) is -0.123. The highest BCUT2D eigenvalue weighted by atomic mass is 127. The number of nitrogens with one attached hydrogen (secondary N) is 2. The minimum Gasteiger partial charge on any atom is -0.376 e. The van der Waals surface area contributed by atoms with Crippen LogP contribution >= 0.6 is 22.6 Å². The van der Waals surface area contributed by atoms with Gasteiger partial charge in [-0.05, 0) is 71.5 Å². The molecular weight excluding hydrogens is 377 g/mol. The van der Waals surface area contributed by atoms with Gasteiger partial charge in [0.15, 0.2) is 0 Å². The zero-order valence-corrected chi connectivity index (χ0v) is 13.6. The van der Waals surface area contributed by atoms with Crippen LogP contribution in [0.5, 0.6) is 0 Å².